The summed E-state index contributed by atoms with van der Waals surface area (Å²) in [5.74, 6) is -9.68. The van der Waals surface area contributed by atoms with Gasteiger partial charge in [0.2, 0.25) is 11.7 Å². The van der Waals surface area contributed by atoms with E-state index in [0.717, 1.165) is 38.2 Å². The first-order chi connectivity index (χ1) is 19.8. The lowest BCUT2D eigenvalue weighted by Gasteiger charge is -2.50. The van der Waals surface area contributed by atoms with Gasteiger partial charge >= 0.3 is 0 Å². The molecule has 226 valence electrons. The predicted octanol–water partition coefficient (Wildman–Crippen LogP) is 0.964. The average molecular weight is 587 g/mol. The molecule has 8 N–H and O–H groups in total. The topological polar surface area (TPSA) is 203 Å². The highest BCUT2D eigenvalue weighted by Gasteiger charge is 2.64. The number of nitrogens with one attached hydrogen (secondary N) is 2. The largest absolute Gasteiger partial charge is 0.508 e. The number of Topliss-reactive ketones (excluding diaryl/α,β-unsaturated/α-hetero) is 2. The van der Waals surface area contributed by atoms with Crippen LogP contribution in [0, 0.1) is 17.7 Å². The van der Waals surface area contributed by atoms with Crippen molar-refractivity contribution in [2.75, 3.05) is 26.0 Å². The maximum Gasteiger partial charge on any atom is 0.255 e. The number of hydrogen-bond donors (Lipinski definition) is 7. The molecule has 42 heavy (non-hydrogen) atoms. The molecule has 2 saturated carbocycles. The molecule has 5 rings (SSSR count). The van der Waals surface area contributed by atoms with Crippen LogP contribution in [0.15, 0.2) is 23.0 Å². The molecule has 0 bridgehead atoms. The number of fused-ring (bicyclic) bond motifs is 3. The number of nitrogens with zero attached hydrogens (tertiary/aromatic N) is 1. The molecule has 2 fully saturated rings. The molecule has 4 aliphatic rings. The van der Waals surface area contributed by atoms with E-state index >= 15 is 4.39 Å². The average Bonchev–Trinajstić information content (AvgIpc) is 2.92. The van der Waals surface area contributed by atoms with Crippen molar-refractivity contribution in [1.29, 1.82) is 0 Å². The van der Waals surface area contributed by atoms with Gasteiger partial charge in [0.1, 0.15) is 22.9 Å². The van der Waals surface area contributed by atoms with Crippen molar-refractivity contribution in [2.45, 2.75) is 62.6 Å². The quantitative estimate of drug-likeness (QED) is 0.186. The Kier molecular flexibility index (Phi) is 7.62. The van der Waals surface area contributed by atoms with E-state index in [1.54, 1.807) is 0 Å². The number of aliphatic hydroxyl groups excluding tert-OH is 2. The number of anilines is 1. The molecule has 0 radical (unpaired) electrons. The van der Waals surface area contributed by atoms with Crippen LogP contribution in [-0.4, -0.2) is 87.0 Å². The summed E-state index contributed by atoms with van der Waals surface area (Å²) >= 11 is 0. The summed E-state index contributed by atoms with van der Waals surface area (Å²) in [7, 11) is 2.98. The highest BCUT2D eigenvalue weighted by molar-refractivity contribution is 6.24. The number of phenols is 1. The van der Waals surface area contributed by atoms with E-state index in [-0.39, 0.29) is 36.7 Å². The number of phenolic OH excluding ortho intramolecular Hbond substituents is 1. The van der Waals surface area contributed by atoms with Gasteiger partial charge in [0.15, 0.2) is 17.1 Å². The van der Waals surface area contributed by atoms with Crippen LogP contribution in [0.4, 0.5) is 10.1 Å². The highest BCUT2D eigenvalue weighted by Crippen LogP contribution is 2.53. The first-order valence-electron chi connectivity index (χ1n) is 14.0. The summed E-state index contributed by atoms with van der Waals surface area (Å²) in [6.45, 7) is -0.0789. The second-order valence-electron chi connectivity index (χ2n) is 11.8. The van der Waals surface area contributed by atoms with Crippen LogP contribution in [0.2, 0.25) is 0 Å². The van der Waals surface area contributed by atoms with Crippen LogP contribution in [0.5, 0.6) is 5.75 Å². The Morgan fingerprint density at radius 3 is 2.43 bits per heavy atom. The molecule has 0 aliphatic heterocycles. The van der Waals surface area contributed by atoms with Crippen molar-refractivity contribution in [2.24, 2.45) is 17.6 Å². The van der Waals surface area contributed by atoms with Gasteiger partial charge in [-0.25, -0.2) is 4.39 Å². The summed E-state index contributed by atoms with van der Waals surface area (Å²) in [5, 5.41) is 50.5. The minimum atomic E-state index is -2.80. The number of ketones is 2. The van der Waals surface area contributed by atoms with E-state index in [2.05, 4.69) is 10.6 Å². The molecule has 0 aromatic heterocycles. The number of primary amides is 1. The minimum absolute atomic E-state index is 0.0789. The molecule has 13 heteroatoms. The molecular weight excluding hydrogens is 551 g/mol. The van der Waals surface area contributed by atoms with Crippen LogP contribution < -0.4 is 16.4 Å². The van der Waals surface area contributed by atoms with Crippen molar-refractivity contribution in [3.05, 3.63) is 39.9 Å². The fourth-order valence-electron chi connectivity index (χ4n) is 7.10. The maximum atomic E-state index is 15.4. The number of carbonyl (C=O) groups is 4. The molecule has 1 aromatic rings. The van der Waals surface area contributed by atoms with E-state index in [9.17, 15) is 39.6 Å². The van der Waals surface area contributed by atoms with Gasteiger partial charge in [-0.3, -0.25) is 24.1 Å². The standard InChI is InChI=1S/C29H35FN4O8/c1-34(2)22-15-9-12-8-14-16(30)10-17(33-18(35)11-32-13-6-4-3-5-7-13)23(36)20(14)24(37)19(12)26(39)29(15,42)27(40)21(25(22)38)28(31)41/h10,12-13,15,22,32,36-37,40,42H,3-9,11H2,1-2H3,(H2,31,41)(H,33,35)/t12-,15-,22-,29-/m0/s1. The summed E-state index contributed by atoms with van der Waals surface area (Å²) in [6.07, 6.45) is 4.79. The smallest absolute Gasteiger partial charge is 0.255 e. The van der Waals surface area contributed by atoms with Crippen LogP contribution in [0.25, 0.3) is 5.76 Å². The Morgan fingerprint density at radius 2 is 1.81 bits per heavy atom. The van der Waals surface area contributed by atoms with E-state index in [1.807, 2.05) is 0 Å². The lowest BCUT2D eigenvalue weighted by atomic mass is 9.57. The zero-order valence-corrected chi connectivity index (χ0v) is 23.4. The maximum absolute atomic E-state index is 15.4. The Hall–Kier alpha value is -3.81. The molecule has 0 unspecified atom stereocenters. The monoisotopic (exact) mass is 586 g/mol. The van der Waals surface area contributed by atoms with Gasteiger partial charge in [0.05, 0.1) is 23.8 Å². The van der Waals surface area contributed by atoms with E-state index in [4.69, 9.17) is 5.73 Å². The van der Waals surface area contributed by atoms with Gasteiger partial charge in [-0.05, 0) is 45.7 Å². The molecule has 0 spiro atoms. The Morgan fingerprint density at radius 1 is 1.14 bits per heavy atom. The lowest BCUT2D eigenvalue weighted by molar-refractivity contribution is -0.153. The molecule has 4 aliphatic carbocycles. The third kappa shape index (κ3) is 4.56. The van der Waals surface area contributed by atoms with Crippen molar-refractivity contribution in [3.63, 3.8) is 0 Å². The Labute approximate surface area is 241 Å². The van der Waals surface area contributed by atoms with Crippen LogP contribution in [0.3, 0.4) is 0 Å². The molecule has 12 nitrogen and oxygen atoms in total. The first kappa shape index (κ1) is 29.7. The van der Waals surface area contributed by atoms with Gasteiger partial charge in [-0.2, -0.15) is 0 Å². The number of amides is 2. The third-order valence-electron chi connectivity index (χ3n) is 9.10. The van der Waals surface area contributed by atoms with Gasteiger partial charge in [0, 0.05) is 29.2 Å². The van der Waals surface area contributed by atoms with E-state index in [1.165, 1.54) is 19.0 Å². The third-order valence-corrected chi connectivity index (χ3v) is 9.10. The number of rotatable bonds is 6. The summed E-state index contributed by atoms with van der Waals surface area (Å²) < 4.78 is 15.4. The Bertz CT molecular complexity index is 1450. The number of carbonyl (C=O) groups excluding carboxylic acids is 4. The number of aliphatic hydroxyl groups is 3. The first-order valence-corrected chi connectivity index (χ1v) is 14.0. The number of likely N-dealkylation sites (N-methyl/N-ethyl adjacent to an activating group) is 1. The normalized spacial score (nSPS) is 28.0. The lowest BCUT2D eigenvalue weighted by Crippen LogP contribution is -2.65. The molecule has 2 amide bonds. The number of aromatic hydroxyl groups is 1. The SMILES string of the molecule is CN(C)[C@@H]1C(=O)C(C(N)=O)=C(O)[C@@]2(O)C(=O)C3=C(O)c4c(O)c(NC(=O)CNC5CCCCC5)cc(F)c4C[C@H]3C[C@@H]12. The number of nitrogens with two attached hydrogens (primary N) is 1. The number of halogens is 1. The van der Waals surface area contributed by atoms with Crippen molar-refractivity contribution in [1.82, 2.24) is 10.2 Å². The Balaban J connectivity index is 1.53. The van der Waals surface area contributed by atoms with Crippen molar-refractivity contribution in [3.8, 4) is 5.75 Å². The number of hydrogen-bond acceptors (Lipinski definition) is 10. The van der Waals surface area contributed by atoms with Crippen molar-refractivity contribution < 1.29 is 44.0 Å². The van der Waals surface area contributed by atoms with Crippen LogP contribution in [0.1, 0.15) is 49.7 Å². The highest BCUT2D eigenvalue weighted by atomic mass is 19.1. The van der Waals surface area contributed by atoms with Crippen molar-refractivity contribution >= 4 is 34.8 Å². The predicted molar refractivity (Wildman–Crippen MR) is 148 cm³/mol. The summed E-state index contributed by atoms with van der Waals surface area (Å²) in [6, 6.07) is -0.119. The zero-order valence-electron chi connectivity index (χ0n) is 23.4. The zero-order chi connectivity index (χ0) is 30.7. The molecule has 0 heterocycles. The molecule has 0 saturated heterocycles. The summed E-state index contributed by atoms with van der Waals surface area (Å²) in [4.78, 5) is 53.1. The summed E-state index contributed by atoms with van der Waals surface area (Å²) in [5.41, 5.74) is 0.342. The van der Waals surface area contributed by atoms with Gasteiger partial charge in [-0.15, -0.1) is 0 Å². The van der Waals surface area contributed by atoms with E-state index in [0.29, 0.717) is 0 Å². The molecule has 4 atom stereocenters. The van der Waals surface area contributed by atoms with Gasteiger partial charge < -0.3 is 36.8 Å². The van der Waals surface area contributed by atoms with Gasteiger partial charge in [0.25, 0.3) is 5.91 Å². The van der Waals surface area contributed by atoms with Gasteiger partial charge in [-0.1, -0.05) is 19.3 Å². The van der Waals surface area contributed by atoms with E-state index < -0.39 is 86.7 Å². The second kappa shape index (κ2) is 10.8. The fourth-order valence-corrected chi connectivity index (χ4v) is 7.10. The van der Waals surface area contributed by atoms with Crippen LogP contribution >= 0.6 is 0 Å². The second-order valence-corrected chi connectivity index (χ2v) is 11.8. The van der Waals surface area contributed by atoms with Crippen LogP contribution in [-0.2, 0) is 25.6 Å². The fraction of sp³-hybridized carbons (Fsp3) is 0.517. The number of benzene rings is 1. The minimum Gasteiger partial charge on any atom is -0.508 e. The molecular formula is C29H35FN4O8. The molecule has 1 aromatic carbocycles.